The topological polar surface area (TPSA) is 93.7 Å². The van der Waals surface area contributed by atoms with Crippen molar-refractivity contribution < 1.29 is 23.3 Å². The molecule has 6 rings (SSSR count). The van der Waals surface area contributed by atoms with E-state index in [4.69, 9.17) is 36.3 Å². The van der Waals surface area contributed by atoms with E-state index < -0.39 is 42.6 Å². The number of anilines is 1. The van der Waals surface area contributed by atoms with Crippen LogP contribution < -0.4 is 5.73 Å². The molecule has 0 aliphatic carbocycles. The highest BCUT2D eigenvalue weighted by Gasteiger charge is 2.59. The fraction of sp³-hybridized carbons (Fsp3) is 0.455. The van der Waals surface area contributed by atoms with Crippen LogP contribution in [0.4, 0.5) is 10.2 Å². The highest BCUT2D eigenvalue weighted by Crippen LogP contribution is 2.50. The number of aromatic nitrogens is 3. The zero-order valence-electron chi connectivity index (χ0n) is 17.4. The van der Waals surface area contributed by atoms with Gasteiger partial charge in [0.05, 0.1) is 12.0 Å². The van der Waals surface area contributed by atoms with Crippen molar-refractivity contribution in [1.29, 1.82) is 0 Å². The number of rotatable bonds is 2. The zero-order valence-corrected chi connectivity index (χ0v) is 18.2. The highest BCUT2D eigenvalue weighted by atomic mass is 35.5. The van der Waals surface area contributed by atoms with Crippen molar-refractivity contribution in [2.45, 2.75) is 56.5 Å². The normalized spacial score (nSPS) is 33.4. The van der Waals surface area contributed by atoms with Crippen LogP contribution in [0.2, 0.25) is 5.02 Å². The number of benzene rings is 1. The number of alkyl halides is 1. The molecule has 0 amide bonds. The summed E-state index contributed by atoms with van der Waals surface area (Å²) in [5, 5.41) is 1.20. The summed E-state index contributed by atoms with van der Waals surface area (Å²) in [7, 11) is 0. The van der Waals surface area contributed by atoms with Crippen molar-refractivity contribution in [1.82, 2.24) is 14.5 Å². The number of nitrogens with zero attached hydrogens (tertiary/aromatic N) is 3. The first-order valence-electron chi connectivity index (χ1n) is 10.5. The van der Waals surface area contributed by atoms with Gasteiger partial charge in [-0.05, 0) is 43.2 Å². The maximum Gasteiger partial charge on any atom is 0.164 e. The van der Waals surface area contributed by atoms with Gasteiger partial charge in [-0.3, -0.25) is 0 Å². The molecule has 5 heterocycles. The minimum Gasteiger partial charge on any atom is -0.383 e. The average Bonchev–Trinajstić information content (AvgIpc) is 3.40. The summed E-state index contributed by atoms with van der Waals surface area (Å²) < 4.78 is 41.4. The van der Waals surface area contributed by atoms with Gasteiger partial charge in [0, 0.05) is 11.2 Å². The standard InChI is InChI=1S/C22H22ClFN4O4/c1-22(2)31-17-16(15-11-4-3-10(23)7-13(11)14(24)8-29-15)30-21(18(17)32-22)28-6-5-12-19(25)26-9-27-20(12)28/h3-7,9,14-18,21H,8H2,1-2H3,(H2,25,26,27)/t14-,15-,16-,17-,18-,21?/m1/s1. The molecule has 0 bridgehead atoms. The molecule has 10 heteroatoms. The number of ether oxygens (including phenoxy) is 4. The number of nitrogen functional groups attached to an aromatic ring is 1. The SMILES string of the molecule is CC1(C)O[C@@H]2[C@@H]([C@@H]3OC[C@@H](F)c4cc(Cl)ccc43)OC(n3ccc4c(N)ncnc43)[C@@H]2O1. The Hall–Kier alpha value is -2.30. The minimum absolute atomic E-state index is 0.0830. The Morgan fingerprint density at radius 3 is 2.78 bits per heavy atom. The van der Waals surface area contributed by atoms with Crippen LogP contribution in [0, 0.1) is 0 Å². The lowest BCUT2D eigenvalue weighted by Crippen LogP contribution is -2.37. The van der Waals surface area contributed by atoms with Crippen molar-refractivity contribution >= 4 is 28.5 Å². The second-order valence-electron chi connectivity index (χ2n) is 8.77. The summed E-state index contributed by atoms with van der Waals surface area (Å²) in [5.74, 6) is -0.425. The van der Waals surface area contributed by atoms with Gasteiger partial charge in [-0.25, -0.2) is 14.4 Å². The molecule has 0 saturated carbocycles. The van der Waals surface area contributed by atoms with Gasteiger partial charge in [-0.2, -0.15) is 0 Å². The summed E-state index contributed by atoms with van der Waals surface area (Å²) in [6.07, 6.45) is -0.456. The monoisotopic (exact) mass is 460 g/mol. The van der Waals surface area contributed by atoms with Gasteiger partial charge in [0.2, 0.25) is 0 Å². The molecule has 1 unspecified atom stereocenters. The first kappa shape index (κ1) is 20.3. The molecule has 2 saturated heterocycles. The molecule has 2 aromatic heterocycles. The molecule has 2 fully saturated rings. The van der Waals surface area contributed by atoms with Gasteiger partial charge < -0.3 is 29.2 Å². The van der Waals surface area contributed by atoms with Crippen molar-refractivity contribution in [3.8, 4) is 0 Å². The van der Waals surface area contributed by atoms with E-state index in [1.165, 1.54) is 6.33 Å². The fourth-order valence-corrected chi connectivity index (χ4v) is 5.17. The first-order chi connectivity index (χ1) is 15.3. The molecule has 8 nitrogen and oxygen atoms in total. The Kier molecular flexibility index (Phi) is 4.51. The molecule has 168 valence electrons. The molecule has 1 aromatic carbocycles. The van der Waals surface area contributed by atoms with Gasteiger partial charge in [0.1, 0.15) is 48.4 Å². The van der Waals surface area contributed by atoms with Gasteiger partial charge >= 0.3 is 0 Å². The van der Waals surface area contributed by atoms with E-state index in [2.05, 4.69) is 9.97 Å². The van der Waals surface area contributed by atoms with E-state index in [1.807, 2.05) is 30.7 Å². The third-order valence-electron chi connectivity index (χ3n) is 6.29. The summed E-state index contributed by atoms with van der Waals surface area (Å²) >= 11 is 6.13. The average molecular weight is 461 g/mol. The molecular formula is C22H22ClFN4O4. The molecule has 2 N–H and O–H groups in total. The largest absolute Gasteiger partial charge is 0.383 e. The smallest absolute Gasteiger partial charge is 0.164 e. The fourth-order valence-electron chi connectivity index (χ4n) is 4.99. The first-order valence-corrected chi connectivity index (χ1v) is 10.8. The van der Waals surface area contributed by atoms with Crippen LogP contribution in [0.1, 0.15) is 43.5 Å². The maximum atomic E-state index is 14.6. The second kappa shape index (κ2) is 7.10. The third kappa shape index (κ3) is 3.03. The Labute approximate surface area is 188 Å². The summed E-state index contributed by atoms with van der Waals surface area (Å²) in [5.41, 5.74) is 7.87. The molecule has 32 heavy (non-hydrogen) atoms. The van der Waals surface area contributed by atoms with Gasteiger partial charge in [-0.15, -0.1) is 0 Å². The predicted octanol–water partition coefficient (Wildman–Crippen LogP) is 3.87. The molecule has 3 aliphatic rings. The minimum atomic E-state index is -1.25. The van der Waals surface area contributed by atoms with Crippen molar-refractivity contribution in [3.63, 3.8) is 0 Å². The third-order valence-corrected chi connectivity index (χ3v) is 6.53. The van der Waals surface area contributed by atoms with Gasteiger partial charge in [0.15, 0.2) is 12.0 Å². The van der Waals surface area contributed by atoms with Crippen LogP contribution in [-0.4, -0.2) is 45.2 Å². The number of halogens is 2. The summed E-state index contributed by atoms with van der Waals surface area (Å²) in [6.45, 7) is 3.64. The molecule has 3 aliphatic heterocycles. The lowest BCUT2D eigenvalue weighted by atomic mass is 9.91. The van der Waals surface area contributed by atoms with Gasteiger partial charge in [0.25, 0.3) is 0 Å². The van der Waals surface area contributed by atoms with Crippen molar-refractivity contribution in [2.75, 3.05) is 12.3 Å². The highest BCUT2D eigenvalue weighted by molar-refractivity contribution is 6.30. The van der Waals surface area contributed by atoms with E-state index in [-0.39, 0.29) is 6.61 Å². The Bertz CT molecular complexity index is 1200. The van der Waals surface area contributed by atoms with E-state index in [0.717, 1.165) is 5.39 Å². The molecule has 0 spiro atoms. The zero-order chi connectivity index (χ0) is 22.2. The van der Waals surface area contributed by atoms with Crippen molar-refractivity contribution in [2.24, 2.45) is 0 Å². The number of hydrogen-bond donors (Lipinski definition) is 1. The van der Waals surface area contributed by atoms with Crippen LogP contribution in [0.25, 0.3) is 11.0 Å². The lowest BCUT2D eigenvalue weighted by Gasteiger charge is -2.34. The lowest BCUT2D eigenvalue weighted by molar-refractivity contribution is -0.214. The Morgan fingerprint density at radius 1 is 1.12 bits per heavy atom. The van der Waals surface area contributed by atoms with Gasteiger partial charge in [-0.1, -0.05) is 17.7 Å². The van der Waals surface area contributed by atoms with E-state index >= 15 is 0 Å². The quantitative estimate of drug-likeness (QED) is 0.620. The Morgan fingerprint density at radius 2 is 1.94 bits per heavy atom. The molecule has 6 atom stereocenters. The number of fused-ring (bicyclic) bond motifs is 3. The van der Waals surface area contributed by atoms with Crippen molar-refractivity contribution in [3.05, 3.63) is 52.9 Å². The number of hydrogen-bond acceptors (Lipinski definition) is 7. The van der Waals surface area contributed by atoms with E-state index in [9.17, 15) is 4.39 Å². The Balaban J connectivity index is 1.42. The predicted molar refractivity (Wildman–Crippen MR) is 114 cm³/mol. The molecule has 0 radical (unpaired) electrons. The maximum absolute atomic E-state index is 14.6. The van der Waals surface area contributed by atoms with Crippen LogP contribution in [0.3, 0.4) is 0 Å². The second-order valence-corrected chi connectivity index (χ2v) is 9.21. The summed E-state index contributed by atoms with van der Waals surface area (Å²) in [6, 6.07) is 7.02. The number of nitrogens with two attached hydrogens (primary N) is 1. The van der Waals surface area contributed by atoms with E-state index in [1.54, 1.807) is 18.2 Å². The van der Waals surface area contributed by atoms with E-state index in [0.29, 0.717) is 27.6 Å². The summed E-state index contributed by atoms with van der Waals surface area (Å²) in [4.78, 5) is 8.44. The molecule has 3 aromatic rings. The molecular weight excluding hydrogens is 439 g/mol. The van der Waals surface area contributed by atoms with Crippen LogP contribution in [-0.2, 0) is 18.9 Å². The van der Waals surface area contributed by atoms with Crippen LogP contribution in [0.5, 0.6) is 0 Å². The van der Waals surface area contributed by atoms with Crippen LogP contribution >= 0.6 is 11.6 Å². The van der Waals surface area contributed by atoms with Crippen LogP contribution in [0.15, 0.2) is 36.8 Å².